The van der Waals surface area contributed by atoms with E-state index in [9.17, 15) is 4.79 Å². The Balaban J connectivity index is 1.31. The summed E-state index contributed by atoms with van der Waals surface area (Å²) in [5, 5.41) is 3.10. The van der Waals surface area contributed by atoms with E-state index in [1.165, 1.54) is 12.8 Å². The van der Waals surface area contributed by atoms with E-state index in [1.54, 1.807) is 0 Å². The Kier molecular flexibility index (Phi) is 4.63. The number of amides is 1. The molecule has 3 fully saturated rings. The Hall–Kier alpha value is -1.33. The van der Waals surface area contributed by atoms with Crippen molar-refractivity contribution in [2.24, 2.45) is 23.7 Å². The Bertz CT molecular complexity index is 581. The predicted octanol–water partition coefficient (Wildman–Crippen LogP) is 2.20. The summed E-state index contributed by atoms with van der Waals surface area (Å²) in [5.74, 6) is 4.42. The molecule has 5 nitrogen and oxygen atoms in total. The average molecular weight is 332 g/mol. The van der Waals surface area contributed by atoms with Gasteiger partial charge in [0, 0.05) is 26.1 Å². The zero-order valence-corrected chi connectivity index (χ0v) is 14.5. The monoisotopic (exact) mass is 332 g/mol. The highest BCUT2D eigenvalue weighted by atomic mass is 16.5. The molecule has 3 heterocycles. The molecule has 0 radical (unpaired) electrons. The van der Waals surface area contributed by atoms with Gasteiger partial charge in [-0.3, -0.25) is 9.69 Å². The smallest absolute Gasteiger partial charge is 0.220 e. The van der Waals surface area contributed by atoms with Crippen LogP contribution in [-0.4, -0.2) is 43.7 Å². The Labute approximate surface area is 143 Å². The number of hydrogen-bond donors (Lipinski definition) is 1. The number of fused-ring (bicyclic) bond motifs is 1. The summed E-state index contributed by atoms with van der Waals surface area (Å²) >= 11 is 0. The average Bonchev–Trinajstić information content (AvgIpc) is 3.16. The van der Waals surface area contributed by atoms with E-state index >= 15 is 0 Å². The lowest BCUT2D eigenvalue weighted by Crippen LogP contribution is -2.38. The van der Waals surface area contributed by atoms with E-state index in [-0.39, 0.29) is 5.91 Å². The minimum atomic E-state index is 0.205. The molecule has 4 rings (SSSR count). The molecular weight excluding hydrogens is 304 g/mol. The van der Waals surface area contributed by atoms with Crippen LogP contribution < -0.4 is 5.32 Å². The number of rotatable bonds is 6. The zero-order chi connectivity index (χ0) is 16.5. The molecule has 1 saturated carbocycles. The molecule has 2 aliphatic heterocycles. The minimum absolute atomic E-state index is 0.205. The summed E-state index contributed by atoms with van der Waals surface area (Å²) in [4.78, 5) is 14.7. The van der Waals surface area contributed by atoms with E-state index < -0.39 is 0 Å². The molecule has 1 amide bonds. The topological polar surface area (TPSA) is 54.7 Å². The van der Waals surface area contributed by atoms with Crippen LogP contribution >= 0.6 is 0 Å². The highest BCUT2D eigenvalue weighted by Crippen LogP contribution is 2.36. The van der Waals surface area contributed by atoms with E-state index in [4.69, 9.17) is 9.15 Å². The van der Waals surface area contributed by atoms with Crippen molar-refractivity contribution in [3.63, 3.8) is 0 Å². The molecule has 3 atom stereocenters. The summed E-state index contributed by atoms with van der Waals surface area (Å²) in [6.45, 7) is 7.37. The number of nitrogens with one attached hydrogen (secondary N) is 1. The van der Waals surface area contributed by atoms with Gasteiger partial charge in [0.05, 0.1) is 19.8 Å². The second-order valence-corrected chi connectivity index (χ2v) is 7.88. The number of hydrogen-bond acceptors (Lipinski definition) is 4. The molecule has 0 aromatic carbocycles. The van der Waals surface area contributed by atoms with Crippen molar-refractivity contribution in [2.45, 2.75) is 32.7 Å². The van der Waals surface area contributed by atoms with Gasteiger partial charge in [-0.25, -0.2) is 0 Å². The van der Waals surface area contributed by atoms with Crippen LogP contribution in [0.15, 0.2) is 16.5 Å². The lowest BCUT2D eigenvalue weighted by atomic mass is 9.81. The Morgan fingerprint density at radius 2 is 2.17 bits per heavy atom. The van der Waals surface area contributed by atoms with E-state index in [0.717, 1.165) is 56.8 Å². The normalized spacial score (nSPS) is 30.3. The first-order valence-corrected chi connectivity index (χ1v) is 9.29. The van der Waals surface area contributed by atoms with Gasteiger partial charge < -0.3 is 14.5 Å². The predicted molar refractivity (Wildman–Crippen MR) is 90.4 cm³/mol. The zero-order valence-electron chi connectivity index (χ0n) is 14.5. The molecule has 1 N–H and O–H groups in total. The number of ether oxygens (including phenoxy) is 1. The molecule has 1 aromatic rings. The van der Waals surface area contributed by atoms with E-state index in [2.05, 4.69) is 16.3 Å². The van der Waals surface area contributed by atoms with Crippen LogP contribution in [0.5, 0.6) is 0 Å². The fourth-order valence-corrected chi connectivity index (χ4v) is 4.21. The molecule has 132 valence electrons. The van der Waals surface area contributed by atoms with Crippen molar-refractivity contribution >= 4 is 5.91 Å². The van der Waals surface area contributed by atoms with Gasteiger partial charge in [0.2, 0.25) is 5.91 Å². The first-order chi connectivity index (χ1) is 11.7. The summed E-state index contributed by atoms with van der Waals surface area (Å²) < 4.78 is 11.5. The van der Waals surface area contributed by atoms with Gasteiger partial charge >= 0.3 is 0 Å². The lowest BCUT2D eigenvalue weighted by Gasteiger charge is -2.32. The van der Waals surface area contributed by atoms with E-state index in [1.807, 2.05) is 13.0 Å². The van der Waals surface area contributed by atoms with Gasteiger partial charge in [-0.05, 0) is 55.6 Å². The van der Waals surface area contributed by atoms with Crippen molar-refractivity contribution in [3.8, 4) is 0 Å². The molecule has 0 spiro atoms. The quantitative estimate of drug-likeness (QED) is 0.868. The van der Waals surface area contributed by atoms with Gasteiger partial charge in [-0.1, -0.05) is 0 Å². The van der Waals surface area contributed by atoms with Crippen LogP contribution in [0, 0.1) is 30.6 Å². The fourth-order valence-electron chi connectivity index (χ4n) is 4.21. The van der Waals surface area contributed by atoms with Crippen LogP contribution in [0.3, 0.4) is 0 Å². The van der Waals surface area contributed by atoms with Crippen LogP contribution in [0.2, 0.25) is 0 Å². The second kappa shape index (κ2) is 6.89. The second-order valence-electron chi connectivity index (χ2n) is 7.88. The molecule has 0 unspecified atom stereocenters. The number of carbonyl (C=O) groups excluding carboxylic acids is 1. The molecule has 5 heteroatoms. The summed E-state index contributed by atoms with van der Waals surface area (Å²) in [6.07, 6.45) is 3.17. The maximum Gasteiger partial charge on any atom is 0.220 e. The Morgan fingerprint density at radius 1 is 1.29 bits per heavy atom. The van der Waals surface area contributed by atoms with Crippen molar-refractivity contribution in [2.75, 3.05) is 32.8 Å². The molecule has 0 bridgehead atoms. The largest absolute Gasteiger partial charge is 0.465 e. The van der Waals surface area contributed by atoms with Crippen LogP contribution in [-0.2, 0) is 16.1 Å². The third kappa shape index (κ3) is 3.83. The minimum Gasteiger partial charge on any atom is -0.465 e. The first-order valence-electron chi connectivity index (χ1n) is 9.29. The summed E-state index contributed by atoms with van der Waals surface area (Å²) in [5.41, 5.74) is 0. The van der Waals surface area contributed by atoms with Crippen molar-refractivity contribution < 1.29 is 13.9 Å². The van der Waals surface area contributed by atoms with Crippen molar-refractivity contribution in [1.29, 1.82) is 0 Å². The highest BCUT2D eigenvalue weighted by molar-refractivity contribution is 5.76. The number of nitrogens with zero attached hydrogens (tertiary/aromatic N) is 1. The van der Waals surface area contributed by atoms with Gasteiger partial charge in [0.1, 0.15) is 11.5 Å². The molecule has 3 aliphatic rings. The van der Waals surface area contributed by atoms with E-state index in [0.29, 0.717) is 24.2 Å². The third-order valence-corrected chi connectivity index (χ3v) is 5.74. The van der Waals surface area contributed by atoms with Gasteiger partial charge in [-0.2, -0.15) is 0 Å². The Morgan fingerprint density at radius 3 is 2.92 bits per heavy atom. The molecule has 1 aromatic heterocycles. The van der Waals surface area contributed by atoms with Crippen LogP contribution in [0.1, 0.15) is 30.8 Å². The van der Waals surface area contributed by atoms with Crippen molar-refractivity contribution in [1.82, 2.24) is 10.2 Å². The summed E-state index contributed by atoms with van der Waals surface area (Å²) in [6, 6.07) is 4.09. The number of likely N-dealkylation sites (tertiary alicyclic amines) is 1. The standard InChI is InChI=1S/C19H28N2O3/c1-13-2-5-17(24-13)9-21-8-16-12-23-11-15(18(16)10-21)6-19(22)20-7-14-3-4-14/h2,5,14-16,18H,3-4,6-12H2,1H3,(H,20,22)/t15-,16-,18+/m1/s1. The highest BCUT2D eigenvalue weighted by Gasteiger charge is 2.41. The van der Waals surface area contributed by atoms with Crippen LogP contribution in [0.25, 0.3) is 0 Å². The SMILES string of the molecule is Cc1ccc(CN2C[C@@H]3COC[C@@H](CC(=O)NCC4CC4)[C@@H]3C2)o1. The summed E-state index contributed by atoms with van der Waals surface area (Å²) in [7, 11) is 0. The van der Waals surface area contributed by atoms with Gasteiger partial charge in [-0.15, -0.1) is 0 Å². The van der Waals surface area contributed by atoms with Gasteiger partial charge in [0.15, 0.2) is 0 Å². The van der Waals surface area contributed by atoms with Crippen molar-refractivity contribution in [3.05, 3.63) is 23.7 Å². The lowest BCUT2D eigenvalue weighted by molar-refractivity contribution is -0.124. The molecular formula is C19H28N2O3. The number of furan rings is 1. The first kappa shape index (κ1) is 16.2. The molecule has 24 heavy (non-hydrogen) atoms. The molecule has 2 saturated heterocycles. The maximum atomic E-state index is 12.2. The number of aryl methyl sites for hydroxylation is 1. The fraction of sp³-hybridized carbons (Fsp3) is 0.737. The third-order valence-electron chi connectivity index (χ3n) is 5.74. The number of carbonyl (C=O) groups is 1. The maximum absolute atomic E-state index is 12.2. The molecule has 1 aliphatic carbocycles. The van der Waals surface area contributed by atoms with Crippen LogP contribution in [0.4, 0.5) is 0 Å². The van der Waals surface area contributed by atoms with Gasteiger partial charge in [0.25, 0.3) is 0 Å².